The van der Waals surface area contributed by atoms with E-state index in [9.17, 15) is 0 Å². The summed E-state index contributed by atoms with van der Waals surface area (Å²) in [5.74, 6) is 0.339. The normalized spacial score (nSPS) is 7.20. The molecule has 10 heavy (non-hydrogen) atoms. The quantitative estimate of drug-likeness (QED) is 0.457. The van der Waals surface area contributed by atoms with E-state index < -0.39 is 0 Å². The Bertz CT molecular complexity index is 153. The van der Waals surface area contributed by atoms with E-state index in [-0.39, 0.29) is 87.0 Å². The van der Waals surface area contributed by atoms with Crippen LogP contribution in [0.4, 0.5) is 0 Å². The third-order valence-electron chi connectivity index (χ3n) is 0.850. The van der Waals surface area contributed by atoms with E-state index in [1.807, 2.05) is 0 Å². The van der Waals surface area contributed by atoms with Gasteiger partial charge < -0.3 is 10.2 Å². The SMILES string of the molecule is Oc1ccc(O)cc1.[Ca].[Ca]. The summed E-state index contributed by atoms with van der Waals surface area (Å²) in [4.78, 5) is 0. The van der Waals surface area contributed by atoms with Crippen LogP contribution in [0.5, 0.6) is 11.5 Å². The van der Waals surface area contributed by atoms with Crippen molar-refractivity contribution in [3.63, 3.8) is 0 Å². The number of phenolic OH excluding ortho intramolecular Hbond substituents is 2. The van der Waals surface area contributed by atoms with Crippen molar-refractivity contribution in [2.24, 2.45) is 0 Å². The molecule has 4 radical (unpaired) electrons. The molecule has 0 bridgehead atoms. The zero-order chi connectivity index (χ0) is 5.98. The van der Waals surface area contributed by atoms with Crippen LogP contribution in [0.3, 0.4) is 0 Å². The molecule has 2 nitrogen and oxygen atoms in total. The molecular weight excluding hydrogens is 184 g/mol. The van der Waals surface area contributed by atoms with Crippen molar-refractivity contribution in [2.75, 3.05) is 0 Å². The van der Waals surface area contributed by atoms with Crippen molar-refractivity contribution in [3.8, 4) is 11.5 Å². The van der Waals surface area contributed by atoms with E-state index in [1.54, 1.807) is 0 Å². The van der Waals surface area contributed by atoms with E-state index in [2.05, 4.69) is 0 Å². The zero-order valence-corrected chi connectivity index (χ0v) is 10.0. The molecule has 0 unspecified atom stereocenters. The Kier molecular flexibility index (Phi) is 9.75. The van der Waals surface area contributed by atoms with E-state index >= 15 is 0 Å². The minimum atomic E-state index is 0. The third-order valence-corrected chi connectivity index (χ3v) is 0.850. The van der Waals surface area contributed by atoms with Gasteiger partial charge in [0.1, 0.15) is 11.5 Å². The fourth-order valence-electron chi connectivity index (χ4n) is 0.453. The zero-order valence-electron chi connectivity index (χ0n) is 5.62. The Labute approximate surface area is 119 Å². The van der Waals surface area contributed by atoms with Gasteiger partial charge in [0.05, 0.1) is 0 Å². The Morgan fingerprint density at radius 2 is 0.900 bits per heavy atom. The van der Waals surface area contributed by atoms with E-state index in [0.29, 0.717) is 0 Å². The van der Waals surface area contributed by atoms with Crippen molar-refractivity contribution < 1.29 is 10.2 Å². The van der Waals surface area contributed by atoms with Crippen molar-refractivity contribution in [1.82, 2.24) is 0 Å². The van der Waals surface area contributed by atoms with Crippen LogP contribution in [0.2, 0.25) is 0 Å². The second-order valence-electron chi connectivity index (χ2n) is 1.52. The van der Waals surface area contributed by atoms with Gasteiger partial charge in [0.2, 0.25) is 0 Å². The largest absolute Gasteiger partial charge is 0.508 e. The van der Waals surface area contributed by atoms with Crippen LogP contribution in [0.1, 0.15) is 0 Å². The Morgan fingerprint density at radius 1 is 0.700 bits per heavy atom. The molecule has 0 saturated heterocycles. The Hall–Kier alpha value is 1.34. The Balaban J connectivity index is 0. The minimum absolute atomic E-state index is 0. The minimum Gasteiger partial charge on any atom is -0.508 e. The van der Waals surface area contributed by atoms with Crippen LogP contribution in [-0.2, 0) is 0 Å². The molecule has 1 aromatic carbocycles. The van der Waals surface area contributed by atoms with Gasteiger partial charge in [-0.3, -0.25) is 0 Å². The molecule has 1 aromatic rings. The van der Waals surface area contributed by atoms with Gasteiger partial charge in [-0.1, -0.05) is 0 Å². The van der Waals surface area contributed by atoms with E-state index in [1.165, 1.54) is 24.3 Å². The van der Waals surface area contributed by atoms with Crippen molar-refractivity contribution >= 4 is 75.5 Å². The molecule has 0 atom stereocenters. The van der Waals surface area contributed by atoms with Crippen LogP contribution in [-0.4, -0.2) is 85.7 Å². The van der Waals surface area contributed by atoms with Crippen LogP contribution in [0, 0.1) is 0 Å². The molecule has 0 saturated carbocycles. The average Bonchev–Trinajstić information content (AvgIpc) is 1.77. The molecule has 0 spiro atoms. The van der Waals surface area contributed by atoms with Crippen LogP contribution < -0.4 is 0 Å². The average molecular weight is 190 g/mol. The van der Waals surface area contributed by atoms with Crippen molar-refractivity contribution in [2.45, 2.75) is 0 Å². The third kappa shape index (κ3) is 5.05. The monoisotopic (exact) mass is 190 g/mol. The van der Waals surface area contributed by atoms with Gasteiger partial charge in [0, 0.05) is 75.5 Å². The molecule has 2 N–H and O–H groups in total. The Morgan fingerprint density at radius 3 is 1.10 bits per heavy atom. The van der Waals surface area contributed by atoms with Gasteiger partial charge in [-0.25, -0.2) is 0 Å². The van der Waals surface area contributed by atoms with Gasteiger partial charge in [0.15, 0.2) is 0 Å². The van der Waals surface area contributed by atoms with Crippen molar-refractivity contribution in [3.05, 3.63) is 24.3 Å². The fourth-order valence-corrected chi connectivity index (χ4v) is 0.453. The van der Waals surface area contributed by atoms with Gasteiger partial charge in [0.25, 0.3) is 0 Å². The second-order valence-corrected chi connectivity index (χ2v) is 1.52. The van der Waals surface area contributed by atoms with E-state index in [4.69, 9.17) is 10.2 Å². The number of rotatable bonds is 0. The summed E-state index contributed by atoms with van der Waals surface area (Å²) in [5.41, 5.74) is 0. The first-order valence-corrected chi connectivity index (χ1v) is 2.27. The number of hydrogen-bond acceptors (Lipinski definition) is 2. The van der Waals surface area contributed by atoms with Crippen LogP contribution in [0.25, 0.3) is 0 Å². The molecule has 46 valence electrons. The van der Waals surface area contributed by atoms with Crippen LogP contribution in [0.15, 0.2) is 24.3 Å². The topological polar surface area (TPSA) is 40.5 Å². The molecule has 0 aliphatic heterocycles. The molecular formula is C6H6Ca2O2. The summed E-state index contributed by atoms with van der Waals surface area (Å²) in [5, 5.41) is 17.3. The summed E-state index contributed by atoms with van der Waals surface area (Å²) >= 11 is 0. The van der Waals surface area contributed by atoms with Gasteiger partial charge in [-0.15, -0.1) is 0 Å². The molecule has 4 heteroatoms. The van der Waals surface area contributed by atoms with Crippen LogP contribution >= 0.6 is 0 Å². The first-order valence-electron chi connectivity index (χ1n) is 2.27. The number of hydrogen-bond donors (Lipinski definition) is 2. The van der Waals surface area contributed by atoms with E-state index in [0.717, 1.165) is 0 Å². The maximum absolute atomic E-state index is 8.65. The predicted octanol–water partition coefficient (Wildman–Crippen LogP) is 0.336. The number of aromatic hydroxyl groups is 2. The van der Waals surface area contributed by atoms with Gasteiger partial charge in [-0.05, 0) is 24.3 Å². The molecule has 1 rings (SSSR count). The molecule has 0 amide bonds. The standard InChI is InChI=1S/C6H6O2.2Ca/c7-5-1-2-6(8)4-3-5;;/h1-4,7-8H;;. The fraction of sp³-hybridized carbons (Fsp3) is 0. The first-order chi connectivity index (χ1) is 3.79. The maximum Gasteiger partial charge on any atom is 0.115 e. The number of benzene rings is 1. The van der Waals surface area contributed by atoms with Gasteiger partial charge >= 0.3 is 0 Å². The molecule has 0 aliphatic carbocycles. The van der Waals surface area contributed by atoms with Crippen molar-refractivity contribution in [1.29, 1.82) is 0 Å². The summed E-state index contributed by atoms with van der Waals surface area (Å²) in [6.45, 7) is 0. The predicted molar refractivity (Wildman–Crippen MR) is 41.3 cm³/mol. The molecule has 0 fully saturated rings. The summed E-state index contributed by atoms with van der Waals surface area (Å²) in [6.07, 6.45) is 0. The molecule has 0 aromatic heterocycles. The summed E-state index contributed by atoms with van der Waals surface area (Å²) in [6, 6.07) is 5.70. The second kappa shape index (κ2) is 7.01. The number of phenols is 2. The summed E-state index contributed by atoms with van der Waals surface area (Å²) in [7, 11) is 0. The van der Waals surface area contributed by atoms with Gasteiger partial charge in [-0.2, -0.15) is 0 Å². The first kappa shape index (κ1) is 13.9. The molecule has 0 aliphatic rings. The molecule has 0 heterocycles. The smallest absolute Gasteiger partial charge is 0.115 e. The summed E-state index contributed by atoms with van der Waals surface area (Å²) < 4.78 is 0. The maximum atomic E-state index is 8.65.